The van der Waals surface area contributed by atoms with Crippen molar-refractivity contribution in [3.63, 3.8) is 0 Å². The van der Waals surface area contributed by atoms with Crippen molar-refractivity contribution in [2.24, 2.45) is 0 Å². The third-order valence-corrected chi connectivity index (χ3v) is 7.07. The van der Waals surface area contributed by atoms with Crippen molar-refractivity contribution < 1.29 is 4.79 Å². The van der Waals surface area contributed by atoms with E-state index in [9.17, 15) is 4.79 Å². The number of hydrogen-bond acceptors (Lipinski definition) is 7. The maximum atomic E-state index is 12.9. The molecule has 0 N–H and O–H groups in total. The molecule has 1 saturated heterocycles. The molecule has 5 rings (SSSR count). The van der Waals surface area contributed by atoms with E-state index < -0.39 is 0 Å². The van der Waals surface area contributed by atoms with Gasteiger partial charge in [0.2, 0.25) is 0 Å². The molecular formula is C23H28N6OS. The SMILES string of the molecule is CC(C)c1ncc2c(n1)CCN(CCN1CCN(c3nsc4ccccc34)CC1)C2=O. The van der Waals surface area contributed by atoms with Gasteiger partial charge in [0, 0.05) is 69.7 Å². The van der Waals surface area contributed by atoms with Gasteiger partial charge in [0.05, 0.1) is 16.0 Å². The van der Waals surface area contributed by atoms with Crippen molar-refractivity contribution in [3.8, 4) is 0 Å². The van der Waals surface area contributed by atoms with Crippen LogP contribution in [0.15, 0.2) is 30.5 Å². The molecule has 0 atom stereocenters. The Morgan fingerprint density at radius 1 is 1.06 bits per heavy atom. The minimum absolute atomic E-state index is 0.0733. The van der Waals surface area contributed by atoms with Crippen molar-refractivity contribution in [2.75, 3.05) is 50.7 Å². The number of piperazine rings is 1. The number of aromatic nitrogens is 3. The lowest BCUT2D eigenvalue weighted by Gasteiger charge is -2.36. The first-order valence-electron chi connectivity index (χ1n) is 11.1. The Labute approximate surface area is 186 Å². The Hall–Kier alpha value is -2.58. The molecule has 1 aromatic carbocycles. The highest BCUT2D eigenvalue weighted by atomic mass is 32.1. The summed E-state index contributed by atoms with van der Waals surface area (Å²) in [4.78, 5) is 28.7. The minimum Gasteiger partial charge on any atom is -0.353 e. The molecule has 0 saturated carbocycles. The fourth-order valence-corrected chi connectivity index (χ4v) is 5.15. The molecule has 31 heavy (non-hydrogen) atoms. The molecule has 1 amide bonds. The van der Waals surface area contributed by atoms with Crippen LogP contribution in [0.3, 0.4) is 0 Å². The van der Waals surface area contributed by atoms with Crippen LogP contribution in [-0.2, 0) is 6.42 Å². The molecule has 0 unspecified atom stereocenters. The highest BCUT2D eigenvalue weighted by Gasteiger charge is 2.27. The van der Waals surface area contributed by atoms with Crippen LogP contribution in [0.5, 0.6) is 0 Å². The summed E-state index contributed by atoms with van der Waals surface area (Å²) in [5.74, 6) is 2.29. The maximum absolute atomic E-state index is 12.9. The topological polar surface area (TPSA) is 65.5 Å². The fourth-order valence-electron chi connectivity index (χ4n) is 4.35. The smallest absolute Gasteiger partial charge is 0.257 e. The van der Waals surface area contributed by atoms with E-state index in [4.69, 9.17) is 4.37 Å². The van der Waals surface area contributed by atoms with E-state index in [1.165, 1.54) is 10.1 Å². The predicted molar refractivity (Wildman–Crippen MR) is 124 cm³/mol. The van der Waals surface area contributed by atoms with E-state index in [2.05, 4.69) is 57.9 Å². The van der Waals surface area contributed by atoms with Crippen LogP contribution in [0, 0.1) is 0 Å². The molecule has 0 spiro atoms. The van der Waals surface area contributed by atoms with Gasteiger partial charge in [0.25, 0.3) is 5.91 Å². The Morgan fingerprint density at radius 3 is 2.68 bits per heavy atom. The summed E-state index contributed by atoms with van der Waals surface area (Å²) < 4.78 is 5.94. The van der Waals surface area contributed by atoms with Crippen molar-refractivity contribution in [3.05, 3.63) is 47.5 Å². The second kappa shape index (κ2) is 8.51. The number of carbonyl (C=O) groups is 1. The molecule has 0 radical (unpaired) electrons. The zero-order chi connectivity index (χ0) is 21.4. The zero-order valence-corrected chi connectivity index (χ0v) is 18.9. The Kier molecular flexibility index (Phi) is 5.58. The van der Waals surface area contributed by atoms with Crippen LogP contribution in [0.1, 0.15) is 41.6 Å². The van der Waals surface area contributed by atoms with Gasteiger partial charge in [-0.05, 0) is 23.7 Å². The van der Waals surface area contributed by atoms with Crippen molar-refractivity contribution in [1.82, 2.24) is 24.1 Å². The molecule has 0 bridgehead atoms. The van der Waals surface area contributed by atoms with E-state index in [1.807, 2.05) is 4.90 Å². The van der Waals surface area contributed by atoms with Crippen molar-refractivity contribution in [1.29, 1.82) is 0 Å². The molecule has 2 aromatic heterocycles. The summed E-state index contributed by atoms with van der Waals surface area (Å²) in [7, 11) is 0. The normalized spacial score (nSPS) is 17.6. The molecule has 162 valence electrons. The Bertz CT molecular complexity index is 1090. The second-order valence-electron chi connectivity index (χ2n) is 8.62. The summed E-state index contributed by atoms with van der Waals surface area (Å²) in [6, 6.07) is 8.44. The van der Waals surface area contributed by atoms with Gasteiger partial charge in [-0.3, -0.25) is 9.69 Å². The summed E-state index contributed by atoms with van der Waals surface area (Å²) >= 11 is 1.57. The third kappa shape index (κ3) is 4.02. The molecular weight excluding hydrogens is 408 g/mol. The highest BCUT2D eigenvalue weighted by Crippen LogP contribution is 2.29. The molecule has 2 aliphatic rings. The number of benzene rings is 1. The first-order chi connectivity index (χ1) is 15.1. The lowest BCUT2D eigenvalue weighted by atomic mass is 10.1. The molecule has 2 aliphatic heterocycles. The summed E-state index contributed by atoms with van der Waals surface area (Å²) in [6.07, 6.45) is 2.54. The molecule has 3 aromatic rings. The summed E-state index contributed by atoms with van der Waals surface area (Å²) in [5.41, 5.74) is 1.58. The van der Waals surface area contributed by atoms with Gasteiger partial charge in [0.15, 0.2) is 0 Å². The van der Waals surface area contributed by atoms with Gasteiger partial charge >= 0.3 is 0 Å². The number of rotatable bonds is 5. The highest BCUT2D eigenvalue weighted by molar-refractivity contribution is 7.13. The second-order valence-corrected chi connectivity index (χ2v) is 9.42. The van der Waals surface area contributed by atoms with Crippen LogP contribution in [0.25, 0.3) is 10.1 Å². The molecule has 1 fully saturated rings. The zero-order valence-electron chi connectivity index (χ0n) is 18.1. The van der Waals surface area contributed by atoms with Gasteiger partial charge in [0.1, 0.15) is 11.6 Å². The Morgan fingerprint density at radius 2 is 1.87 bits per heavy atom. The number of anilines is 1. The Balaban J connectivity index is 1.16. The van der Waals surface area contributed by atoms with Gasteiger partial charge in [-0.1, -0.05) is 26.0 Å². The first kappa shape index (κ1) is 20.3. The van der Waals surface area contributed by atoms with Crippen LogP contribution in [0.2, 0.25) is 0 Å². The van der Waals surface area contributed by atoms with E-state index >= 15 is 0 Å². The summed E-state index contributed by atoms with van der Waals surface area (Å²) in [6.45, 7) is 10.5. The number of fused-ring (bicyclic) bond motifs is 2. The van der Waals surface area contributed by atoms with Crippen molar-refractivity contribution >= 4 is 33.3 Å². The van der Waals surface area contributed by atoms with Crippen LogP contribution in [-0.4, -0.2) is 75.9 Å². The summed E-state index contributed by atoms with van der Waals surface area (Å²) in [5, 5.41) is 1.25. The maximum Gasteiger partial charge on any atom is 0.257 e. The van der Waals surface area contributed by atoms with E-state index in [0.717, 1.165) is 69.6 Å². The lowest BCUT2D eigenvalue weighted by Crippen LogP contribution is -2.50. The van der Waals surface area contributed by atoms with Crippen LogP contribution in [0.4, 0.5) is 5.82 Å². The molecule has 8 heteroatoms. The van der Waals surface area contributed by atoms with Crippen LogP contribution < -0.4 is 4.90 Å². The standard InChI is InChI=1S/C23H28N6OS/c1-16(2)21-24-15-18-19(25-21)7-8-29(23(18)30)14-11-27-9-12-28(13-10-27)22-17-5-3-4-6-20(17)31-26-22/h3-6,15-16H,7-14H2,1-2H3. The van der Waals surface area contributed by atoms with E-state index in [1.54, 1.807) is 17.7 Å². The average Bonchev–Trinajstić information content (AvgIpc) is 3.23. The van der Waals surface area contributed by atoms with Gasteiger partial charge in [-0.2, -0.15) is 4.37 Å². The van der Waals surface area contributed by atoms with E-state index in [-0.39, 0.29) is 11.8 Å². The molecule has 7 nitrogen and oxygen atoms in total. The van der Waals surface area contributed by atoms with Crippen molar-refractivity contribution in [2.45, 2.75) is 26.2 Å². The van der Waals surface area contributed by atoms with E-state index in [0.29, 0.717) is 5.56 Å². The molecule has 4 heterocycles. The van der Waals surface area contributed by atoms with Crippen LogP contribution >= 0.6 is 11.5 Å². The quantitative estimate of drug-likeness (QED) is 0.613. The number of hydrogen-bond donors (Lipinski definition) is 0. The van der Waals surface area contributed by atoms with Gasteiger partial charge in [-0.25, -0.2) is 9.97 Å². The molecule has 0 aliphatic carbocycles. The number of carbonyl (C=O) groups excluding carboxylic acids is 1. The minimum atomic E-state index is 0.0733. The number of nitrogens with zero attached hydrogens (tertiary/aromatic N) is 6. The lowest BCUT2D eigenvalue weighted by molar-refractivity contribution is 0.0714. The predicted octanol–water partition coefficient (Wildman–Crippen LogP) is 3.03. The first-order valence-corrected chi connectivity index (χ1v) is 11.8. The monoisotopic (exact) mass is 436 g/mol. The third-order valence-electron chi connectivity index (χ3n) is 6.26. The fraction of sp³-hybridized carbons (Fsp3) is 0.478. The average molecular weight is 437 g/mol. The largest absolute Gasteiger partial charge is 0.353 e. The van der Waals surface area contributed by atoms with Gasteiger partial charge in [-0.15, -0.1) is 0 Å². The van der Waals surface area contributed by atoms with Gasteiger partial charge < -0.3 is 9.80 Å². The number of amides is 1.